The Morgan fingerprint density at radius 2 is 1.31 bits per heavy atom. The molecule has 0 aromatic carbocycles. The Labute approximate surface area is 92.3 Å². The topological polar surface area (TPSA) is 34.1 Å². The Morgan fingerprint density at radius 1 is 0.846 bits per heavy atom. The lowest BCUT2D eigenvalue weighted by atomic mass is 10.8. The molecule has 0 aliphatic rings. The van der Waals surface area contributed by atoms with E-state index in [4.69, 9.17) is 0 Å². The first-order valence-electron chi connectivity index (χ1n) is 3.12. The SMILES string of the molecule is O=c1cc(Sc2cc(=O)ss2)ss1. The summed E-state index contributed by atoms with van der Waals surface area (Å²) in [5, 5.41) is 0. The summed E-state index contributed by atoms with van der Waals surface area (Å²) in [5.41, 5.74) is 0. The molecule has 13 heavy (non-hydrogen) atoms. The molecule has 2 aromatic heterocycles. The van der Waals surface area contributed by atoms with Crippen LogP contribution in [0, 0.1) is 0 Å². The van der Waals surface area contributed by atoms with E-state index in [0.717, 1.165) is 8.42 Å². The highest BCUT2D eigenvalue weighted by Crippen LogP contribution is 2.34. The van der Waals surface area contributed by atoms with Crippen LogP contribution in [0.25, 0.3) is 0 Å². The van der Waals surface area contributed by atoms with Crippen LogP contribution in [0.5, 0.6) is 0 Å². The lowest BCUT2D eigenvalue weighted by molar-refractivity contribution is 1.62. The van der Waals surface area contributed by atoms with Crippen LogP contribution in [0.1, 0.15) is 0 Å². The van der Waals surface area contributed by atoms with Crippen molar-refractivity contribution in [2.45, 2.75) is 8.42 Å². The minimum atomic E-state index is 0.0788. The predicted octanol–water partition coefficient (Wildman–Crippen LogP) is 2.80. The van der Waals surface area contributed by atoms with Crippen LogP contribution >= 0.6 is 53.1 Å². The maximum absolute atomic E-state index is 10.8. The fourth-order valence-corrected chi connectivity index (χ4v) is 6.20. The quantitative estimate of drug-likeness (QED) is 0.784. The van der Waals surface area contributed by atoms with Crippen LogP contribution in [0.15, 0.2) is 30.1 Å². The van der Waals surface area contributed by atoms with Crippen molar-refractivity contribution in [1.29, 1.82) is 0 Å². The molecule has 0 spiro atoms. The predicted molar refractivity (Wildman–Crippen MR) is 61.1 cm³/mol. The summed E-state index contributed by atoms with van der Waals surface area (Å²) < 4.78 is 2.08. The second-order valence-electron chi connectivity index (χ2n) is 2.00. The van der Waals surface area contributed by atoms with Crippen LogP contribution in [-0.2, 0) is 0 Å². The molecule has 0 unspecified atom stereocenters. The Bertz CT molecular complexity index is 455. The fourth-order valence-electron chi connectivity index (χ4n) is 0.645. The van der Waals surface area contributed by atoms with Crippen LogP contribution in [0.3, 0.4) is 0 Å². The zero-order valence-corrected chi connectivity index (χ0v) is 10.1. The molecular formula is C6H2O2S5. The Morgan fingerprint density at radius 3 is 1.62 bits per heavy atom. The van der Waals surface area contributed by atoms with E-state index in [1.54, 1.807) is 12.1 Å². The Balaban J connectivity index is 2.23. The third-order valence-corrected chi connectivity index (χ3v) is 7.21. The molecule has 0 aliphatic heterocycles. The largest absolute Gasteiger partial charge is 0.277 e. The van der Waals surface area contributed by atoms with Crippen LogP contribution < -0.4 is 9.48 Å². The third-order valence-electron chi connectivity index (χ3n) is 1.08. The van der Waals surface area contributed by atoms with E-state index in [0.29, 0.717) is 0 Å². The highest BCUT2D eigenvalue weighted by Gasteiger charge is 2.03. The average molecular weight is 266 g/mol. The Kier molecular flexibility index (Phi) is 2.99. The van der Waals surface area contributed by atoms with Gasteiger partial charge >= 0.3 is 0 Å². The summed E-state index contributed by atoms with van der Waals surface area (Å²) in [7, 11) is 5.36. The van der Waals surface area contributed by atoms with Gasteiger partial charge in [0, 0.05) is 12.1 Å². The van der Waals surface area contributed by atoms with Gasteiger partial charge < -0.3 is 0 Å². The van der Waals surface area contributed by atoms with E-state index in [1.807, 2.05) is 0 Å². The van der Waals surface area contributed by atoms with Crippen molar-refractivity contribution in [1.82, 2.24) is 0 Å². The van der Waals surface area contributed by atoms with Crippen LogP contribution in [-0.4, -0.2) is 0 Å². The van der Waals surface area contributed by atoms with Crippen molar-refractivity contribution in [3.8, 4) is 0 Å². The van der Waals surface area contributed by atoms with Gasteiger partial charge in [0.15, 0.2) is 0 Å². The molecule has 2 rings (SSSR count). The first-order valence-corrected chi connectivity index (χ1v) is 8.24. The normalized spacial score (nSPS) is 10.5. The van der Waals surface area contributed by atoms with Crippen molar-refractivity contribution in [2.24, 2.45) is 0 Å². The summed E-state index contributed by atoms with van der Waals surface area (Å²) >= 11 is 1.49. The molecule has 7 heteroatoms. The summed E-state index contributed by atoms with van der Waals surface area (Å²) in [6, 6.07) is 3.21. The number of hydrogen-bond donors (Lipinski definition) is 0. The first-order chi connectivity index (χ1) is 6.24. The first kappa shape index (κ1) is 9.60. The summed E-state index contributed by atoms with van der Waals surface area (Å²) in [4.78, 5) is 21.7. The van der Waals surface area contributed by atoms with Gasteiger partial charge in [0.2, 0.25) is 9.48 Å². The van der Waals surface area contributed by atoms with Crippen molar-refractivity contribution in [3.63, 3.8) is 0 Å². The second-order valence-corrected chi connectivity index (χ2v) is 7.95. The maximum atomic E-state index is 10.8. The second kappa shape index (κ2) is 4.05. The molecule has 0 aliphatic carbocycles. The molecular weight excluding hydrogens is 264 g/mol. The van der Waals surface area contributed by atoms with E-state index in [9.17, 15) is 9.59 Å². The zero-order valence-electron chi connectivity index (χ0n) is 6.01. The average Bonchev–Trinajstić information content (AvgIpc) is 2.62. The lowest BCUT2D eigenvalue weighted by Gasteiger charge is -1.87. The van der Waals surface area contributed by atoms with Crippen molar-refractivity contribution >= 4 is 53.1 Å². The number of rotatable bonds is 2. The molecule has 0 amide bonds. The molecule has 0 saturated carbocycles. The summed E-state index contributed by atoms with van der Waals surface area (Å²) in [6.45, 7) is 0. The standard InChI is InChI=1S/C6H2O2S5/c7-3-1-5(12-10-3)9-6-2-4(8)11-13-6/h1-2H. The minimum absolute atomic E-state index is 0.0788. The van der Waals surface area contributed by atoms with Gasteiger partial charge in [-0.05, 0) is 20.7 Å². The van der Waals surface area contributed by atoms with E-state index >= 15 is 0 Å². The van der Waals surface area contributed by atoms with Gasteiger partial charge in [-0.2, -0.15) is 0 Å². The minimum Gasteiger partial charge on any atom is -0.277 e. The molecule has 0 radical (unpaired) electrons. The van der Waals surface area contributed by atoms with Gasteiger partial charge in [-0.1, -0.05) is 32.4 Å². The van der Waals surface area contributed by atoms with Crippen LogP contribution in [0.2, 0.25) is 0 Å². The molecule has 68 valence electrons. The highest BCUT2D eigenvalue weighted by molar-refractivity contribution is 8.05. The smallest absolute Gasteiger partial charge is 0.244 e. The third kappa shape index (κ3) is 2.50. The zero-order chi connectivity index (χ0) is 9.26. The molecule has 0 saturated heterocycles. The van der Waals surface area contributed by atoms with E-state index < -0.39 is 0 Å². The van der Waals surface area contributed by atoms with E-state index in [2.05, 4.69) is 0 Å². The molecule has 0 atom stereocenters. The van der Waals surface area contributed by atoms with Gasteiger partial charge in [-0.25, -0.2) is 0 Å². The molecule has 0 N–H and O–H groups in total. The van der Waals surface area contributed by atoms with Gasteiger partial charge in [0.1, 0.15) is 0 Å². The molecule has 0 bridgehead atoms. The van der Waals surface area contributed by atoms with Crippen molar-refractivity contribution < 1.29 is 0 Å². The molecule has 2 nitrogen and oxygen atoms in total. The summed E-state index contributed by atoms with van der Waals surface area (Å²) in [6.07, 6.45) is 0. The van der Waals surface area contributed by atoms with Gasteiger partial charge in [-0.3, -0.25) is 9.59 Å². The van der Waals surface area contributed by atoms with Gasteiger partial charge in [0.25, 0.3) is 0 Å². The van der Waals surface area contributed by atoms with Crippen molar-refractivity contribution in [3.05, 3.63) is 31.2 Å². The molecule has 2 heterocycles. The van der Waals surface area contributed by atoms with Gasteiger partial charge in [0.05, 0.1) is 8.42 Å². The molecule has 0 fully saturated rings. The lowest BCUT2D eigenvalue weighted by Crippen LogP contribution is -1.81. The molecule has 2 aromatic rings. The van der Waals surface area contributed by atoms with Gasteiger partial charge in [-0.15, -0.1) is 0 Å². The maximum Gasteiger partial charge on any atom is 0.244 e. The summed E-state index contributed by atoms with van der Waals surface area (Å²) in [5.74, 6) is 0. The van der Waals surface area contributed by atoms with E-state index in [1.165, 1.54) is 53.1 Å². The highest BCUT2D eigenvalue weighted by atomic mass is 32.9. The van der Waals surface area contributed by atoms with Crippen molar-refractivity contribution in [2.75, 3.05) is 0 Å². The van der Waals surface area contributed by atoms with Crippen LogP contribution in [0.4, 0.5) is 0 Å². The Hall–Kier alpha value is 0.0500. The number of hydrogen-bond acceptors (Lipinski definition) is 7. The monoisotopic (exact) mass is 266 g/mol. The van der Waals surface area contributed by atoms with E-state index in [-0.39, 0.29) is 9.48 Å². The fraction of sp³-hybridized carbons (Fsp3) is 0.